The van der Waals surface area contributed by atoms with E-state index in [9.17, 15) is 9.90 Å². The molecule has 1 rings (SSSR count). The fourth-order valence-electron chi connectivity index (χ4n) is 1.97. The van der Waals surface area contributed by atoms with Crippen molar-refractivity contribution in [2.24, 2.45) is 5.92 Å². The highest BCUT2D eigenvalue weighted by atomic mass is 16.3. The highest BCUT2D eigenvalue weighted by Crippen LogP contribution is 2.26. The molecule has 0 aliphatic rings. The lowest BCUT2D eigenvalue weighted by atomic mass is 9.83. The predicted molar refractivity (Wildman–Crippen MR) is 75.1 cm³/mol. The molecule has 1 aromatic rings. The minimum atomic E-state index is -0.279. The number of hydrogen-bond donors (Lipinski definition) is 1. The fraction of sp³-hybridized carbons (Fsp3) is 0.562. The maximum absolute atomic E-state index is 12.3. The first-order chi connectivity index (χ1) is 8.31. The number of benzene rings is 1. The van der Waals surface area contributed by atoms with Crippen LogP contribution in [-0.2, 0) is 5.41 Å². The van der Waals surface area contributed by atoms with Crippen LogP contribution in [0, 0.1) is 12.8 Å². The number of ketones is 1. The molecule has 0 bridgehead atoms. The highest BCUT2D eigenvalue weighted by molar-refractivity contribution is 5.99. The second-order valence-electron chi connectivity index (χ2n) is 5.93. The average Bonchev–Trinajstić information content (AvgIpc) is 2.29. The van der Waals surface area contributed by atoms with Crippen LogP contribution in [-0.4, -0.2) is 17.5 Å². The van der Waals surface area contributed by atoms with E-state index in [0.29, 0.717) is 6.42 Å². The van der Waals surface area contributed by atoms with Gasteiger partial charge in [-0.25, -0.2) is 0 Å². The Morgan fingerprint density at radius 2 is 1.94 bits per heavy atom. The van der Waals surface area contributed by atoms with E-state index in [1.807, 2.05) is 26.0 Å². The van der Waals surface area contributed by atoms with E-state index < -0.39 is 0 Å². The summed E-state index contributed by atoms with van der Waals surface area (Å²) >= 11 is 0. The molecule has 0 saturated heterocycles. The lowest BCUT2D eigenvalue weighted by Gasteiger charge is -2.21. The first kappa shape index (κ1) is 14.9. The van der Waals surface area contributed by atoms with Crippen molar-refractivity contribution >= 4 is 5.78 Å². The van der Waals surface area contributed by atoms with Crippen LogP contribution >= 0.6 is 0 Å². The van der Waals surface area contributed by atoms with Gasteiger partial charge in [-0.15, -0.1) is 0 Å². The molecule has 1 N–H and O–H groups in total. The molecule has 1 atom stereocenters. The SMILES string of the molecule is CCC(CO)C(=O)c1cc(C(C)(C)C)ccc1C. The summed E-state index contributed by atoms with van der Waals surface area (Å²) in [5, 5.41) is 9.26. The molecule has 0 fully saturated rings. The molecule has 100 valence electrons. The third-order valence-electron chi connectivity index (χ3n) is 3.45. The van der Waals surface area contributed by atoms with Gasteiger partial charge in [0, 0.05) is 11.5 Å². The molecule has 0 spiro atoms. The van der Waals surface area contributed by atoms with Gasteiger partial charge in [0.2, 0.25) is 0 Å². The third kappa shape index (κ3) is 3.20. The highest BCUT2D eigenvalue weighted by Gasteiger charge is 2.21. The van der Waals surface area contributed by atoms with E-state index in [-0.39, 0.29) is 23.7 Å². The van der Waals surface area contributed by atoms with Gasteiger partial charge in [-0.2, -0.15) is 0 Å². The number of carbonyl (C=O) groups excluding carboxylic acids is 1. The van der Waals surface area contributed by atoms with Crippen molar-refractivity contribution in [1.82, 2.24) is 0 Å². The van der Waals surface area contributed by atoms with Gasteiger partial charge in [-0.05, 0) is 36.0 Å². The maximum atomic E-state index is 12.3. The van der Waals surface area contributed by atoms with E-state index in [1.165, 1.54) is 0 Å². The lowest BCUT2D eigenvalue weighted by Crippen LogP contribution is -2.20. The van der Waals surface area contributed by atoms with E-state index in [1.54, 1.807) is 0 Å². The first-order valence-corrected chi connectivity index (χ1v) is 6.57. The van der Waals surface area contributed by atoms with Gasteiger partial charge >= 0.3 is 0 Å². The van der Waals surface area contributed by atoms with Crippen LogP contribution in [0.1, 0.15) is 55.6 Å². The Morgan fingerprint density at radius 1 is 1.33 bits per heavy atom. The summed E-state index contributed by atoms with van der Waals surface area (Å²) in [7, 11) is 0. The van der Waals surface area contributed by atoms with Crippen LogP contribution in [0.2, 0.25) is 0 Å². The Kier molecular flexibility index (Phi) is 4.69. The molecule has 0 amide bonds. The molecule has 0 aliphatic carbocycles. The molecule has 2 nitrogen and oxygen atoms in total. The third-order valence-corrected chi connectivity index (χ3v) is 3.45. The molecule has 1 unspecified atom stereocenters. The zero-order valence-electron chi connectivity index (χ0n) is 12.1. The monoisotopic (exact) mass is 248 g/mol. The zero-order chi connectivity index (χ0) is 13.9. The van der Waals surface area contributed by atoms with Gasteiger partial charge in [0.1, 0.15) is 0 Å². The van der Waals surface area contributed by atoms with Crippen molar-refractivity contribution in [2.75, 3.05) is 6.61 Å². The van der Waals surface area contributed by atoms with Crippen LogP contribution in [0.4, 0.5) is 0 Å². The van der Waals surface area contributed by atoms with Gasteiger partial charge in [0.15, 0.2) is 5.78 Å². The van der Waals surface area contributed by atoms with Gasteiger partial charge < -0.3 is 5.11 Å². The summed E-state index contributed by atoms with van der Waals surface area (Å²) in [5.41, 5.74) is 2.93. The quantitative estimate of drug-likeness (QED) is 0.828. The van der Waals surface area contributed by atoms with E-state index >= 15 is 0 Å². The Bertz CT molecular complexity index is 423. The van der Waals surface area contributed by atoms with Crippen molar-refractivity contribution in [2.45, 2.75) is 46.5 Å². The Balaban J connectivity index is 3.19. The number of rotatable bonds is 4. The molecule has 18 heavy (non-hydrogen) atoms. The number of aliphatic hydroxyl groups is 1. The van der Waals surface area contributed by atoms with Gasteiger partial charge in [0.05, 0.1) is 6.61 Å². The summed E-state index contributed by atoms with van der Waals surface area (Å²) in [4.78, 5) is 12.3. The summed E-state index contributed by atoms with van der Waals surface area (Å²) in [5.74, 6) is -0.220. The minimum Gasteiger partial charge on any atom is -0.396 e. The second-order valence-corrected chi connectivity index (χ2v) is 5.93. The van der Waals surface area contributed by atoms with Gasteiger partial charge in [0.25, 0.3) is 0 Å². The molecule has 0 radical (unpaired) electrons. The van der Waals surface area contributed by atoms with E-state index in [4.69, 9.17) is 0 Å². The second kappa shape index (κ2) is 5.66. The van der Waals surface area contributed by atoms with Crippen molar-refractivity contribution in [3.8, 4) is 0 Å². The van der Waals surface area contributed by atoms with Crippen LogP contribution in [0.15, 0.2) is 18.2 Å². The zero-order valence-corrected chi connectivity index (χ0v) is 12.1. The van der Waals surface area contributed by atoms with E-state index in [2.05, 4.69) is 26.8 Å². The molecule has 0 saturated carbocycles. The Hall–Kier alpha value is -1.15. The minimum absolute atomic E-state index is 0.0314. The fourth-order valence-corrected chi connectivity index (χ4v) is 1.97. The average molecular weight is 248 g/mol. The molecule has 0 aromatic heterocycles. The molecule has 0 aliphatic heterocycles. The summed E-state index contributed by atoms with van der Waals surface area (Å²) in [6.07, 6.45) is 0.675. The van der Waals surface area contributed by atoms with Crippen LogP contribution in [0.3, 0.4) is 0 Å². The Labute approximate surface area is 110 Å². The smallest absolute Gasteiger partial charge is 0.168 e. The van der Waals surface area contributed by atoms with Gasteiger partial charge in [-0.1, -0.05) is 39.8 Å². The van der Waals surface area contributed by atoms with E-state index in [0.717, 1.165) is 16.7 Å². The number of aryl methyl sites for hydroxylation is 1. The maximum Gasteiger partial charge on any atom is 0.168 e. The summed E-state index contributed by atoms with van der Waals surface area (Å²) in [6, 6.07) is 6.06. The largest absolute Gasteiger partial charge is 0.396 e. The Morgan fingerprint density at radius 3 is 2.39 bits per heavy atom. The van der Waals surface area contributed by atoms with Crippen LogP contribution in [0.25, 0.3) is 0 Å². The number of carbonyl (C=O) groups is 1. The number of Topliss-reactive ketones (excluding diaryl/α,β-unsaturated/α-hetero) is 1. The van der Waals surface area contributed by atoms with Crippen LogP contribution < -0.4 is 0 Å². The van der Waals surface area contributed by atoms with Crippen molar-refractivity contribution in [1.29, 1.82) is 0 Å². The summed E-state index contributed by atoms with van der Waals surface area (Å²) in [6.45, 7) is 10.2. The van der Waals surface area contributed by atoms with Gasteiger partial charge in [-0.3, -0.25) is 4.79 Å². The molecule has 0 heterocycles. The first-order valence-electron chi connectivity index (χ1n) is 6.57. The standard InChI is InChI=1S/C16H24O2/c1-6-12(10-17)15(18)14-9-13(16(3,4)5)8-7-11(14)2/h7-9,12,17H,6,10H2,1-5H3. The molecule has 1 aromatic carbocycles. The lowest BCUT2D eigenvalue weighted by molar-refractivity contribution is 0.0855. The number of hydrogen-bond acceptors (Lipinski definition) is 2. The molecular formula is C16H24O2. The molecule has 2 heteroatoms. The topological polar surface area (TPSA) is 37.3 Å². The number of aliphatic hydroxyl groups excluding tert-OH is 1. The van der Waals surface area contributed by atoms with Crippen molar-refractivity contribution in [3.05, 3.63) is 34.9 Å². The summed E-state index contributed by atoms with van der Waals surface area (Å²) < 4.78 is 0. The normalized spacial score (nSPS) is 13.4. The van der Waals surface area contributed by atoms with Crippen molar-refractivity contribution in [3.63, 3.8) is 0 Å². The predicted octanol–water partition coefficient (Wildman–Crippen LogP) is 3.49. The van der Waals surface area contributed by atoms with Crippen molar-refractivity contribution < 1.29 is 9.90 Å². The molecular weight excluding hydrogens is 224 g/mol. The van der Waals surface area contributed by atoms with Crippen LogP contribution in [0.5, 0.6) is 0 Å².